The zero-order valence-electron chi connectivity index (χ0n) is 5.02. The van der Waals surface area contributed by atoms with Gasteiger partial charge in [0, 0.05) is 0 Å². The number of nitrogens with two attached hydrogens (primary N) is 1. The van der Waals surface area contributed by atoms with Crippen molar-refractivity contribution >= 4 is 15.9 Å². The second-order valence-corrected chi connectivity index (χ2v) is 2.39. The molecule has 0 fully saturated rings. The predicted octanol–water partition coefficient (Wildman–Crippen LogP) is 1.20. The number of nitrogens with zero attached hydrogens (tertiary/aromatic N) is 1. The highest BCUT2D eigenvalue weighted by Gasteiger charge is 2.02. The molecule has 1 aromatic rings. The monoisotopic (exact) mass is 190 g/mol. The highest BCUT2D eigenvalue weighted by Crippen LogP contribution is 2.15. The fourth-order valence-corrected chi connectivity index (χ4v) is 0.794. The fourth-order valence-electron chi connectivity index (χ4n) is 0.518. The van der Waals surface area contributed by atoms with Crippen molar-refractivity contribution in [2.24, 2.45) is 5.73 Å². The van der Waals surface area contributed by atoms with E-state index in [0.717, 1.165) is 5.69 Å². The standard InChI is InChI=1S/C5H7BrN2O/c1-3-5(6)9-4(2-7)8-3/h2,7H2,1H3. The van der Waals surface area contributed by atoms with Crippen LogP contribution in [0, 0.1) is 6.92 Å². The van der Waals surface area contributed by atoms with E-state index in [1.807, 2.05) is 6.92 Å². The SMILES string of the molecule is Cc1nc(CN)oc1Br. The van der Waals surface area contributed by atoms with Gasteiger partial charge >= 0.3 is 0 Å². The van der Waals surface area contributed by atoms with Gasteiger partial charge in [0.2, 0.25) is 5.89 Å². The number of aromatic nitrogens is 1. The summed E-state index contributed by atoms with van der Waals surface area (Å²) in [7, 11) is 0. The molecule has 50 valence electrons. The van der Waals surface area contributed by atoms with Crippen LogP contribution in [0.1, 0.15) is 11.6 Å². The van der Waals surface area contributed by atoms with E-state index in [-0.39, 0.29) is 0 Å². The van der Waals surface area contributed by atoms with Crippen LogP contribution >= 0.6 is 15.9 Å². The van der Waals surface area contributed by atoms with Crippen molar-refractivity contribution < 1.29 is 4.42 Å². The first-order valence-electron chi connectivity index (χ1n) is 2.56. The third kappa shape index (κ3) is 1.31. The van der Waals surface area contributed by atoms with Crippen molar-refractivity contribution in [1.29, 1.82) is 0 Å². The fraction of sp³-hybridized carbons (Fsp3) is 0.400. The Labute approximate surface area is 61.4 Å². The van der Waals surface area contributed by atoms with Crippen LogP contribution in [-0.2, 0) is 6.54 Å². The molecular formula is C5H7BrN2O. The molecule has 1 aromatic heterocycles. The zero-order valence-corrected chi connectivity index (χ0v) is 6.60. The summed E-state index contributed by atoms with van der Waals surface area (Å²) in [6.45, 7) is 2.21. The van der Waals surface area contributed by atoms with Crippen molar-refractivity contribution in [1.82, 2.24) is 4.98 Å². The Morgan fingerprint density at radius 2 is 2.44 bits per heavy atom. The van der Waals surface area contributed by atoms with Gasteiger partial charge in [0.25, 0.3) is 0 Å². The lowest BCUT2D eigenvalue weighted by molar-refractivity contribution is 0.477. The van der Waals surface area contributed by atoms with E-state index >= 15 is 0 Å². The van der Waals surface area contributed by atoms with Crippen LogP contribution in [0.3, 0.4) is 0 Å². The number of aryl methyl sites for hydroxylation is 1. The summed E-state index contributed by atoms with van der Waals surface area (Å²) in [5, 5.41) is 0. The molecule has 9 heavy (non-hydrogen) atoms. The van der Waals surface area contributed by atoms with Crippen LogP contribution in [0.4, 0.5) is 0 Å². The maximum absolute atomic E-state index is 5.25. The topological polar surface area (TPSA) is 52.0 Å². The van der Waals surface area contributed by atoms with Crippen LogP contribution in [-0.4, -0.2) is 4.98 Å². The summed E-state index contributed by atoms with van der Waals surface area (Å²) in [5.41, 5.74) is 6.10. The second kappa shape index (κ2) is 2.49. The van der Waals surface area contributed by atoms with Gasteiger partial charge < -0.3 is 10.2 Å². The molecular weight excluding hydrogens is 184 g/mol. The Balaban J connectivity index is 2.98. The highest BCUT2D eigenvalue weighted by atomic mass is 79.9. The molecule has 0 saturated heterocycles. The third-order valence-electron chi connectivity index (χ3n) is 0.959. The minimum atomic E-state index is 0.354. The van der Waals surface area contributed by atoms with Crippen LogP contribution in [0.15, 0.2) is 9.09 Å². The summed E-state index contributed by atoms with van der Waals surface area (Å²) in [6, 6.07) is 0. The molecule has 0 unspecified atom stereocenters. The van der Waals surface area contributed by atoms with Crippen molar-refractivity contribution in [3.05, 3.63) is 16.3 Å². The molecule has 3 nitrogen and oxygen atoms in total. The van der Waals surface area contributed by atoms with Crippen LogP contribution in [0.5, 0.6) is 0 Å². The molecule has 0 aliphatic rings. The summed E-state index contributed by atoms with van der Waals surface area (Å²) in [5.74, 6) is 0.569. The lowest BCUT2D eigenvalue weighted by atomic mass is 10.6. The Bertz CT molecular complexity index is 189. The summed E-state index contributed by atoms with van der Waals surface area (Å²) >= 11 is 3.17. The van der Waals surface area contributed by atoms with E-state index in [1.54, 1.807) is 0 Å². The smallest absolute Gasteiger partial charge is 0.209 e. The van der Waals surface area contributed by atoms with Crippen molar-refractivity contribution in [2.75, 3.05) is 0 Å². The molecule has 4 heteroatoms. The van der Waals surface area contributed by atoms with Gasteiger partial charge in [-0.3, -0.25) is 0 Å². The highest BCUT2D eigenvalue weighted by molar-refractivity contribution is 9.10. The molecule has 0 spiro atoms. The Hall–Kier alpha value is -0.350. The van der Waals surface area contributed by atoms with E-state index in [0.29, 0.717) is 17.1 Å². The molecule has 0 aliphatic carbocycles. The molecule has 2 N–H and O–H groups in total. The van der Waals surface area contributed by atoms with Gasteiger partial charge in [-0.05, 0) is 22.9 Å². The van der Waals surface area contributed by atoms with E-state index in [2.05, 4.69) is 20.9 Å². The number of hydrogen-bond donors (Lipinski definition) is 1. The summed E-state index contributed by atoms with van der Waals surface area (Å²) < 4.78 is 5.71. The lowest BCUT2D eigenvalue weighted by Gasteiger charge is -1.80. The Morgan fingerprint density at radius 1 is 1.78 bits per heavy atom. The summed E-state index contributed by atoms with van der Waals surface area (Å²) in [4.78, 5) is 3.99. The maximum atomic E-state index is 5.25. The summed E-state index contributed by atoms with van der Waals surface area (Å²) in [6.07, 6.45) is 0. The molecule has 1 heterocycles. The molecule has 0 amide bonds. The molecule has 1 rings (SSSR count). The number of rotatable bonds is 1. The zero-order chi connectivity index (χ0) is 6.85. The Kier molecular flexibility index (Phi) is 1.87. The van der Waals surface area contributed by atoms with Crippen LogP contribution in [0.25, 0.3) is 0 Å². The number of halogens is 1. The quantitative estimate of drug-likeness (QED) is 0.725. The molecule has 0 saturated carbocycles. The average molecular weight is 191 g/mol. The average Bonchev–Trinajstić information content (AvgIpc) is 2.13. The van der Waals surface area contributed by atoms with Gasteiger partial charge in [-0.25, -0.2) is 4.98 Å². The van der Waals surface area contributed by atoms with Crippen molar-refractivity contribution in [3.63, 3.8) is 0 Å². The van der Waals surface area contributed by atoms with E-state index < -0.39 is 0 Å². The van der Waals surface area contributed by atoms with Gasteiger partial charge in [-0.1, -0.05) is 0 Å². The van der Waals surface area contributed by atoms with E-state index in [4.69, 9.17) is 10.2 Å². The van der Waals surface area contributed by atoms with Gasteiger partial charge in [-0.2, -0.15) is 0 Å². The van der Waals surface area contributed by atoms with Crippen molar-refractivity contribution in [3.8, 4) is 0 Å². The van der Waals surface area contributed by atoms with Gasteiger partial charge in [0.15, 0.2) is 4.67 Å². The molecule has 0 aromatic carbocycles. The van der Waals surface area contributed by atoms with E-state index in [1.165, 1.54) is 0 Å². The van der Waals surface area contributed by atoms with Gasteiger partial charge in [-0.15, -0.1) is 0 Å². The maximum Gasteiger partial charge on any atom is 0.209 e. The van der Waals surface area contributed by atoms with Crippen LogP contribution < -0.4 is 5.73 Å². The lowest BCUT2D eigenvalue weighted by Crippen LogP contribution is -1.95. The first kappa shape index (κ1) is 6.77. The first-order valence-corrected chi connectivity index (χ1v) is 3.35. The van der Waals surface area contributed by atoms with Crippen molar-refractivity contribution in [2.45, 2.75) is 13.5 Å². The van der Waals surface area contributed by atoms with E-state index in [9.17, 15) is 0 Å². The first-order chi connectivity index (χ1) is 4.24. The number of hydrogen-bond acceptors (Lipinski definition) is 3. The molecule has 0 atom stereocenters. The van der Waals surface area contributed by atoms with Crippen LogP contribution in [0.2, 0.25) is 0 Å². The molecule has 0 radical (unpaired) electrons. The second-order valence-electron chi connectivity index (χ2n) is 1.67. The third-order valence-corrected chi connectivity index (χ3v) is 1.69. The molecule has 0 aliphatic heterocycles. The number of oxazole rings is 1. The minimum absolute atomic E-state index is 0.354. The molecule has 0 bridgehead atoms. The Morgan fingerprint density at radius 3 is 2.67 bits per heavy atom. The minimum Gasteiger partial charge on any atom is -0.432 e. The van der Waals surface area contributed by atoms with Gasteiger partial charge in [0.1, 0.15) is 0 Å². The normalized spacial score (nSPS) is 10.1. The predicted molar refractivity (Wildman–Crippen MR) is 36.8 cm³/mol. The van der Waals surface area contributed by atoms with Gasteiger partial charge in [0.05, 0.1) is 12.2 Å². The largest absolute Gasteiger partial charge is 0.432 e.